The topological polar surface area (TPSA) is 56.3 Å². The fourth-order valence-corrected chi connectivity index (χ4v) is 1.94. The summed E-state index contributed by atoms with van der Waals surface area (Å²) in [7, 11) is 1.58. The second-order valence-corrected chi connectivity index (χ2v) is 4.42. The quantitative estimate of drug-likeness (QED) is 0.916. The lowest BCUT2D eigenvalue weighted by Crippen LogP contribution is -2.19. The van der Waals surface area contributed by atoms with Gasteiger partial charge in [-0.2, -0.15) is 4.98 Å². The first-order valence-corrected chi connectivity index (χ1v) is 6.01. The van der Waals surface area contributed by atoms with E-state index in [0.717, 1.165) is 30.5 Å². The highest BCUT2D eigenvalue weighted by atomic mass is 79.9. The Kier molecular flexibility index (Phi) is 3.95. The molecule has 1 N–H and O–H groups in total. The summed E-state index contributed by atoms with van der Waals surface area (Å²) in [5.41, 5.74) is 0. The van der Waals surface area contributed by atoms with Gasteiger partial charge in [-0.05, 0) is 28.8 Å². The van der Waals surface area contributed by atoms with Crippen LogP contribution in [0.25, 0.3) is 0 Å². The van der Waals surface area contributed by atoms with Crippen LogP contribution in [-0.2, 0) is 4.74 Å². The molecule has 1 fully saturated rings. The smallest absolute Gasteiger partial charge is 0.232 e. The van der Waals surface area contributed by atoms with Crippen molar-refractivity contribution in [3.05, 3.63) is 10.7 Å². The molecule has 0 bridgehead atoms. The fraction of sp³-hybridized carbons (Fsp3) is 0.600. The van der Waals surface area contributed by atoms with Crippen molar-refractivity contribution in [1.82, 2.24) is 9.97 Å². The predicted molar refractivity (Wildman–Crippen MR) is 63.7 cm³/mol. The number of rotatable bonds is 4. The van der Waals surface area contributed by atoms with Crippen LogP contribution < -0.4 is 10.1 Å². The second-order valence-electron chi connectivity index (χ2n) is 3.57. The van der Waals surface area contributed by atoms with E-state index in [4.69, 9.17) is 9.47 Å². The Morgan fingerprint density at radius 3 is 3.25 bits per heavy atom. The van der Waals surface area contributed by atoms with Gasteiger partial charge in [0.1, 0.15) is 0 Å². The van der Waals surface area contributed by atoms with Crippen LogP contribution in [0.3, 0.4) is 0 Å². The summed E-state index contributed by atoms with van der Waals surface area (Å²) in [4.78, 5) is 8.35. The molecule has 16 heavy (non-hydrogen) atoms. The van der Waals surface area contributed by atoms with E-state index in [0.29, 0.717) is 11.8 Å². The molecular weight excluding hydrogens is 274 g/mol. The molecule has 1 saturated heterocycles. The Bertz CT molecular complexity index is 356. The molecule has 0 spiro atoms. The van der Waals surface area contributed by atoms with Crippen molar-refractivity contribution in [2.75, 3.05) is 25.6 Å². The summed E-state index contributed by atoms with van der Waals surface area (Å²) < 4.78 is 11.3. The van der Waals surface area contributed by atoms with Crippen molar-refractivity contribution in [1.29, 1.82) is 0 Å². The summed E-state index contributed by atoms with van der Waals surface area (Å²) in [6.07, 6.45) is 4.18. The molecule has 0 saturated carbocycles. The van der Waals surface area contributed by atoms with E-state index in [1.54, 1.807) is 13.3 Å². The molecule has 1 aliphatic rings. The molecule has 88 valence electrons. The molecular formula is C10H14BrN3O2. The number of nitrogens with one attached hydrogen (secondary N) is 1. The van der Waals surface area contributed by atoms with Gasteiger partial charge in [-0.15, -0.1) is 0 Å². The monoisotopic (exact) mass is 287 g/mol. The molecule has 0 aliphatic carbocycles. The molecule has 0 amide bonds. The van der Waals surface area contributed by atoms with E-state index in [2.05, 4.69) is 31.2 Å². The lowest BCUT2D eigenvalue weighted by molar-refractivity contribution is 0.120. The van der Waals surface area contributed by atoms with E-state index < -0.39 is 0 Å². The van der Waals surface area contributed by atoms with Crippen molar-refractivity contribution in [2.24, 2.45) is 0 Å². The van der Waals surface area contributed by atoms with Crippen LogP contribution in [0.1, 0.15) is 12.8 Å². The summed E-state index contributed by atoms with van der Waals surface area (Å²) in [6.45, 7) is 1.60. The van der Waals surface area contributed by atoms with Crippen LogP contribution in [0.4, 0.5) is 5.95 Å². The average Bonchev–Trinajstić information content (AvgIpc) is 2.81. The molecule has 2 heterocycles. The third kappa shape index (κ3) is 2.82. The number of hydrogen-bond acceptors (Lipinski definition) is 5. The van der Waals surface area contributed by atoms with Gasteiger partial charge in [-0.3, -0.25) is 0 Å². The number of nitrogens with zero attached hydrogens (tertiary/aromatic N) is 2. The van der Waals surface area contributed by atoms with Crippen LogP contribution in [0.15, 0.2) is 10.7 Å². The molecule has 0 radical (unpaired) electrons. The van der Waals surface area contributed by atoms with Gasteiger partial charge in [0.25, 0.3) is 0 Å². The van der Waals surface area contributed by atoms with Gasteiger partial charge in [-0.1, -0.05) is 0 Å². The Morgan fingerprint density at radius 1 is 1.69 bits per heavy atom. The predicted octanol–water partition coefficient (Wildman–Crippen LogP) is 1.84. The molecule has 1 atom stereocenters. The first-order chi connectivity index (χ1) is 7.79. The maximum absolute atomic E-state index is 5.50. The number of halogens is 1. The van der Waals surface area contributed by atoms with Crippen molar-refractivity contribution < 1.29 is 9.47 Å². The van der Waals surface area contributed by atoms with Gasteiger partial charge in [0.05, 0.1) is 23.9 Å². The standard InChI is InChI=1S/C10H14BrN3O2/c1-15-9-8(11)6-13-10(14-9)12-5-7-3-2-4-16-7/h6-7H,2-5H2,1H3,(H,12,13,14). The van der Waals surface area contributed by atoms with Gasteiger partial charge in [0.2, 0.25) is 11.8 Å². The Morgan fingerprint density at radius 2 is 2.56 bits per heavy atom. The normalized spacial score (nSPS) is 19.8. The van der Waals surface area contributed by atoms with E-state index in [-0.39, 0.29) is 6.10 Å². The first kappa shape index (κ1) is 11.6. The molecule has 0 aromatic carbocycles. The van der Waals surface area contributed by atoms with Crippen molar-refractivity contribution in [2.45, 2.75) is 18.9 Å². The summed E-state index contributed by atoms with van der Waals surface area (Å²) in [6, 6.07) is 0. The SMILES string of the molecule is COc1nc(NCC2CCCO2)ncc1Br. The third-order valence-electron chi connectivity index (χ3n) is 2.42. The van der Waals surface area contributed by atoms with E-state index in [1.807, 2.05) is 0 Å². The van der Waals surface area contributed by atoms with Gasteiger partial charge in [0, 0.05) is 13.2 Å². The number of anilines is 1. The van der Waals surface area contributed by atoms with Crippen molar-refractivity contribution in [3.8, 4) is 5.88 Å². The zero-order valence-corrected chi connectivity index (χ0v) is 10.7. The van der Waals surface area contributed by atoms with Crippen LogP contribution >= 0.6 is 15.9 Å². The molecule has 1 aliphatic heterocycles. The maximum Gasteiger partial charge on any atom is 0.232 e. The van der Waals surface area contributed by atoms with Crippen LogP contribution in [0.5, 0.6) is 5.88 Å². The molecule has 1 aromatic rings. The van der Waals surface area contributed by atoms with E-state index in [9.17, 15) is 0 Å². The largest absolute Gasteiger partial charge is 0.480 e. The molecule has 1 aromatic heterocycles. The minimum atomic E-state index is 0.276. The van der Waals surface area contributed by atoms with Crippen molar-refractivity contribution in [3.63, 3.8) is 0 Å². The number of hydrogen-bond donors (Lipinski definition) is 1. The highest BCUT2D eigenvalue weighted by Crippen LogP contribution is 2.22. The Labute approximate surface area is 103 Å². The van der Waals surface area contributed by atoms with E-state index in [1.165, 1.54) is 0 Å². The Hall–Kier alpha value is -0.880. The number of aromatic nitrogens is 2. The molecule has 6 heteroatoms. The average molecular weight is 288 g/mol. The Balaban J connectivity index is 1.93. The fourth-order valence-electron chi connectivity index (χ4n) is 1.59. The third-order valence-corrected chi connectivity index (χ3v) is 2.96. The maximum atomic E-state index is 5.50. The zero-order valence-electron chi connectivity index (χ0n) is 9.07. The molecule has 5 nitrogen and oxygen atoms in total. The number of methoxy groups -OCH3 is 1. The highest BCUT2D eigenvalue weighted by molar-refractivity contribution is 9.10. The minimum Gasteiger partial charge on any atom is -0.480 e. The summed E-state index contributed by atoms with van der Waals surface area (Å²) in [5, 5.41) is 3.14. The lowest BCUT2D eigenvalue weighted by Gasteiger charge is -2.11. The van der Waals surface area contributed by atoms with Gasteiger partial charge in [-0.25, -0.2) is 4.98 Å². The van der Waals surface area contributed by atoms with Crippen molar-refractivity contribution >= 4 is 21.9 Å². The first-order valence-electron chi connectivity index (χ1n) is 5.21. The molecule has 1 unspecified atom stereocenters. The molecule has 2 rings (SSSR count). The van der Waals surface area contributed by atoms with Crippen LogP contribution in [0, 0.1) is 0 Å². The van der Waals surface area contributed by atoms with Gasteiger partial charge >= 0.3 is 0 Å². The second kappa shape index (κ2) is 5.45. The minimum absolute atomic E-state index is 0.276. The van der Waals surface area contributed by atoms with E-state index >= 15 is 0 Å². The van der Waals surface area contributed by atoms with Crippen LogP contribution in [0.2, 0.25) is 0 Å². The number of ether oxygens (including phenoxy) is 2. The zero-order chi connectivity index (χ0) is 11.4. The highest BCUT2D eigenvalue weighted by Gasteiger charge is 2.15. The van der Waals surface area contributed by atoms with Crippen LogP contribution in [-0.4, -0.2) is 36.3 Å². The summed E-state index contributed by atoms with van der Waals surface area (Å²) in [5.74, 6) is 1.10. The van der Waals surface area contributed by atoms with Gasteiger partial charge < -0.3 is 14.8 Å². The lowest BCUT2D eigenvalue weighted by atomic mass is 10.2. The summed E-state index contributed by atoms with van der Waals surface area (Å²) >= 11 is 3.31. The van der Waals surface area contributed by atoms with Gasteiger partial charge in [0.15, 0.2) is 0 Å².